The van der Waals surface area contributed by atoms with Gasteiger partial charge in [0.15, 0.2) is 0 Å². The Morgan fingerprint density at radius 3 is 2.33 bits per heavy atom. The summed E-state index contributed by atoms with van der Waals surface area (Å²) in [4.78, 5) is 5.27. The molecule has 3 nitrogen and oxygen atoms in total. The summed E-state index contributed by atoms with van der Waals surface area (Å²) < 4.78 is 5.66. The zero-order valence-corrected chi connectivity index (χ0v) is 8.05. The fraction of sp³-hybridized carbons (Fsp3) is 0.889. The van der Waals surface area contributed by atoms with Crippen LogP contribution < -0.4 is 0 Å². The summed E-state index contributed by atoms with van der Waals surface area (Å²) in [6.07, 6.45) is 0.968. The maximum Gasteiger partial charge on any atom is 0.280 e. The minimum atomic E-state index is -0.372. The molecule has 0 radical (unpaired) electrons. The minimum absolute atomic E-state index is 0.0359. The van der Waals surface area contributed by atoms with Crippen molar-refractivity contribution in [3.63, 3.8) is 0 Å². The maximum absolute atomic E-state index is 5.66. The summed E-state index contributed by atoms with van der Waals surface area (Å²) in [5.41, 5.74) is -0.0359. The van der Waals surface area contributed by atoms with Gasteiger partial charge in [-0.2, -0.15) is 0 Å². The van der Waals surface area contributed by atoms with Crippen LogP contribution in [-0.4, -0.2) is 11.7 Å². The van der Waals surface area contributed by atoms with Crippen molar-refractivity contribution in [1.29, 1.82) is 0 Å². The Kier molecular flexibility index (Phi) is 1.28. The van der Waals surface area contributed by atoms with Gasteiger partial charge in [-0.15, -0.1) is 0 Å². The third-order valence-corrected chi connectivity index (χ3v) is 2.38. The first-order chi connectivity index (χ1) is 5.44. The molecule has 3 heteroatoms. The zero-order valence-electron chi connectivity index (χ0n) is 8.05. The zero-order chi connectivity index (χ0) is 8.98. The Bertz CT molecular complexity index is 241. The topological polar surface area (TPSA) is 30.8 Å². The smallest absolute Gasteiger partial charge is 0.280 e. The number of nitrogens with zero attached hydrogens (tertiary/aromatic N) is 1. The van der Waals surface area contributed by atoms with Gasteiger partial charge in [0.2, 0.25) is 5.90 Å². The molecule has 2 aliphatic rings. The van der Waals surface area contributed by atoms with Crippen LogP contribution in [0.25, 0.3) is 0 Å². The molecule has 0 aromatic carbocycles. The van der Waals surface area contributed by atoms with Gasteiger partial charge in [0.05, 0.1) is 0 Å². The lowest BCUT2D eigenvalue weighted by Crippen LogP contribution is -2.24. The van der Waals surface area contributed by atoms with E-state index >= 15 is 0 Å². The molecule has 1 fully saturated rings. The summed E-state index contributed by atoms with van der Waals surface area (Å²) in [6, 6.07) is 0. The van der Waals surface area contributed by atoms with Crippen molar-refractivity contribution in [2.45, 2.75) is 39.9 Å². The lowest BCUT2D eigenvalue weighted by Gasteiger charge is -2.17. The number of ether oxygens (including phenoxy) is 1. The highest BCUT2D eigenvalue weighted by atomic mass is 16.8. The molecule has 2 atom stereocenters. The van der Waals surface area contributed by atoms with Gasteiger partial charge in [-0.25, -0.2) is 0 Å². The normalized spacial score (nSPS) is 39.0. The van der Waals surface area contributed by atoms with Crippen LogP contribution in [0.15, 0.2) is 5.16 Å². The van der Waals surface area contributed by atoms with Crippen LogP contribution in [0.2, 0.25) is 0 Å². The van der Waals surface area contributed by atoms with Crippen molar-refractivity contribution < 1.29 is 9.57 Å². The van der Waals surface area contributed by atoms with E-state index < -0.39 is 0 Å². The number of oxime groups is 1. The Morgan fingerprint density at radius 1 is 1.50 bits per heavy atom. The molecule has 0 aromatic heterocycles. The fourth-order valence-corrected chi connectivity index (χ4v) is 1.25. The monoisotopic (exact) mass is 169 g/mol. The Hall–Kier alpha value is -0.730. The standard InChI is InChI=1S/C9H15NO2/c1-6-5-9(6)11-7(10-12-9)8(2,3)4/h6H,5H2,1-4H3/t6-,9?/m0/s1. The van der Waals surface area contributed by atoms with E-state index in [0.717, 1.165) is 12.3 Å². The van der Waals surface area contributed by atoms with E-state index in [1.165, 1.54) is 0 Å². The lowest BCUT2D eigenvalue weighted by atomic mass is 9.97. The molecule has 0 N–H and O–H groups in total. The predicted octanol–water partition coefficient (Wildman–Crippen LogP) is 2.13. The molecule has 12 heavy (non-hydrogen) atoms. The van der Waals surface area contributed by atoms with Gasteiger partial charge in [-0.05, 0) is 5.16 Å². The van der Waals surface area contributed by atoms with Crippen LogP contribution >= 0.6 is 0 Å². The van der Waals surface area contributed by atoms with Crippen LogP contribution in [0, 0.1) is 11.3 Å². The Morgan fingerprint density at radius 2 is 2.08 bits per heavy atom. The van der Waals surface area contributed by atoms with Crippen molar-refractivity contribution >= 4 is 5.90 Å². The molecule has 0 amide bonds. The van der Waals surface area contributed by atoms with Crippen molar-refractivity contribution in [3.8, 4) is 0 Å². The highest BCUT2D eigenvalue weighted by Crippen LogP contribution is 2.51. The Labute approximate surface area is 72.7 Å². The van der Waals surface area contributed by atoms with E-state index in [9.17, 15) is 0 Å². The number of hydrogen-bond acceptors (Lipinski definition) is 3. The molecule has 1 saturated carbocycles. The first kappa shape index (κ1) is 7.90. The van der Waals surface area contributed by atoms with Crippen molar-refractivity contribution in [1.82, 2.24) is 0 Å². The molecule has 0 bridgehead atoms. The second-order valence-electron chi connectivity index (χ2n) is 4.76. The van der Waals surface area contributed by atoms with Crippen LogP contribution in [0.3, 0.4) is 0 Å². The highest BCUT2D eigenvalue weighted by Gasteiger charge is 2.62. The van der Waals surface area contributed by atoms with E-state index in [4.69, 9.17) is 9.57 Å². The Balaban J connectivity index is 2.07. The van der Waals surface area contributed by atoms with Gasteiger partial charge in [-0.1, -0.05) is 27.7 Å². The van der Waals surface area contributed by atoms with Crippen LogP contribution in [0.1, 0.15) is 34.1 Å². The maximum atomic E-state index is 5.66. The summed E-state index contributed by atoms with van der Waals surface area (Å²) >= 11 is 0. The van der Waals surface area contributed by atoms with E-state index in [-0.39, 0.29) is 11.2 Å². The number of rotatable bonds is 0. The van der Waals surface area contributed by atoms with Crippen LogP contribution in [0.5, 0.6) is 0 Å². The first-order valence-electron chi connectivity index (χ1n) is 4.40. The summed E-state index contributed by atoms with van der Waals surface area (Å²) in [7, 11) is 0. The largest absolute Gasteiger partial charge is 0.433 e. The fourth-order valence-electron chi connectivity index (χ4n) is 1.25. The van der Waals surface area contributed by atoms with E-state index in [0.29, 0.717) is 5.92 Å². The minimum Gasteiger partial charge on any atom is -0.433 e. The average Bonchev–Trinajstić information content (AvgIpc) is 2.43. The predicted molar refractivity (Wildman–Crippen MR) is 45.6 cm³/mol. The number of hydrogen-bond donors (Lipinski definition) is 0. The third kappa shape index (κ3) is 0.993. The van der Waals surface area contributed by atoms with E-state index in [1.54, 1.807) is 0 Å². The first-order valence-corrected chi connectivity index (χ1v) is 4.40. The second kappa shape index (κ2) is 1.95. The van der Waals surface area contributed by atoms with Crippen LogP contribution in [0.4, 0.5) is 0 Å². The van der Waals surface area contributed by atoms with Gasteiger partial charge in [0, 0.05) is 17.8 Å². The molecule has 1 spiro atoms. The summed E-state index contributed by atoms with van der Waals surface area (Å²) in [5.74, 6) is 0.843. The van der Waals surface area contributed by atoms with Crippen molar-refractivity contribution in [2.24, 2.45) is 16.5 Å². The van der Waals surface area contributed by atoms with Crippen molar-refractivity contribution in [3.05, 3.63) is 0 Å². The molecule has 68 valence electrons. The van der Waals surface area contributed by atoms with E-state index in [1.807, 2.05) is 0 Å². The van der Waals surface area contributed by atoms with Gasteiger partial charge < -0.3 is 9.57 Å². The highest BCUT2D eigenvalue weighted by molar-refractivity contribution is 5.82. The summed E-state index contributed by atoms with van der Waals surface area (Å²) in [6.45, 7) is 8.32. The lowest BCUT2D eigenvalue weighted by molar-refractivity contribution is -0.0868. The quantitative estimate of drug-likeness (QED) is 0.556. The van der Waals surface area contributed by atoms with E-state index in [2.05, 4.69) is 32.9 Å². The molecular formula is C9H15NO2. The molecule has 1 unspecified atom stereocenters. The van der Waals surface area contributed by atoms with Crippen LogP contribution in [-0.2, 0) is 9.57 Å². The molecule has 1 heterocycles. The molecule has 0 saturated heterocycles. The molecular weight excluding hydrogens is 154 g/mol. The third-order valence-electron chi connectivity index (χ3n) is 2.38. The van der Waals surface area contributed by atoms with Gasteiger partial charge in [0.25, 0.3) is 5.79 Å². The van der Waals surface area contributed by atoms with Gasteiger partial charge in [-0.3, -0.25) is 0 Å². The molecule has 0 aromatic rings. The summed E-state index contributed by atoms with van der Waals surface area (Å²) in [5, 5.41) is 3.97. The second-order valence-corrected chi connectivity index (χ2v) is 4.76. The molecule has 1 aliphatic carbocycles. The average molecular weight is 169 g/mol. The van der Waals surface area contributed by atoms with Crippen molar-refractivity contribution in [2.75, 3.05) is 0 Å². The van der Waals surface area contributed by atoms with Gasteiger partial charge in [0.1, 0.15) is 0 Å². The SMILES string of the molecule is C[C@H]1CC12ON=C(C(C)(C)C)O2. The molecule has 1 aliphatic heterocycles. The van der Waals surface area contributed by atoms with Gasteiger partial charge >= 0.3 is 0 Å². The molecule has 2 rings (SSSR count).